The maximum Gasteiger partial charge on any atom is 0.230 e. The number of thiazole rings is 1. The Balaban J connectivity index is 1.83. The summed E-state index contributed by atoms with van der Waals surface area (Å²) < 4.78 is 1.98. The molecule has 1 heterocycles. The van der Waals surface area contributed by atoms with Gasteiger partial charge in [0.05, 0.1) is 22.2 Å². The third-order valence-electron chi connectivity index (χ3n) is 2.60. The van der Waals surface area contributed by atoms with Crippen molar-refractivity contribution in [2.75, 3.05) is 11.5 Å². The number of thioether (sulfide) groups is 1. The van der Waals surface area contributed by atoms with Crippen molar-refractivity contribution in [2.24, 2.45) is 0 Å². The third kappa shape index (κ3) is 4.50. The van der Waals surface area contributed by atoms with Gasteiger partial charge in [-0.05, 0) is 24.6 Å². The molecule has 20 heavy (non-hydrogen) atoms. The van der Waals surface area contributed by atoms with Gasteiger partial charge in [-0.25, -0.2) is 4.98 Å². The van der Waals surface area contributed by atoms with Crippen LogP contribution in [0.3, 0.4) is 0 Å². The van der Waals surface area contributed by atoms with E-state index in [9.17, 15) is 4.79 Å². The summed E-state index contributed by atoms with van der Waals surface area (Å²) in [5.41, 5.74) is 6.62. The lowest BCUT2D eigenvalue weighted by Gasteiger charge is -2.14. The van der Waals surface area contributed by atoms with Crippen molar-refractivity contribution in [2.45, 2.75) is 17.2 Å². The molecule has 1 unspecified atom stereocenters. The van der Waals surface area contributed by atoms with Gasteiger partial charge in [0, 0.05) is 4.47 Å². The number of nitrogens with one attached hydrogen (secondary N) is 1. The number of carbonyl (C=O) groups excluding carboxylic acids is 1. The molecule has 0 spiro atoms. The lowest BCUT2D eigenvalue weighted by atomic mass is 10.1. The molecule has 106 valence electrons. The van der Waals surface area contributed by atoms with E-state index in [1.165, 1.54) is 23.1 Å². The first-order valence-corrected chi connectivity index (χ1v) is 8.53. The zero-order valence-electron chi connectivity index (χ0n) is 10.8. The summed E-state index contributed by atoms with van der Waals surface area (Å²) >= 11 is 6.23. The van der Waals surface area contributed by atoms with Crippen molar-refractivity contribution in [3.63, 3.8) is 0 Å². The van der Waals surface area contributed by atoms with Gasteiger partial charge in [-0.1, -0.05) is 39.4 Å². The highest BCUT2D eigenvalue weighted by atomic mass is 79.9. The summed E-state index contributed by atoms with van der Waals surface area (Å²) in [5.74, 6) is 0.361. The van der Waals surface area contributed by atoms with E-state index in [2.05, 4.69) is 26.2 Å². The van der Waals surface area contributed by atoms with Gasteiger partial charge in [0.1, 0.15) is 0 Å². The van der Waals surface area contributed by atoms with E-state index < -0.39 is 0 Å². The van der Waals surface area contributed by atoms with Gasteiger partial charge in [0.2, 0.25) is 5.91 Å². The number of hydrogen-bond acceptors (Lipinski definition) is 5. The molecule has 0 bridgehead atoms. The predicted octanol–water partition coefficient (Wildman–Crippen LogP) is 3.46. The first kappa shape index (κ1) is 15.3. The molecule has 0 fully saturated rings. The average Bonchev–Trinajstić information content (AvgIpc) is 2.83. The van der Waals surface area contributed by atoms with Gasteiger partial charge in [0.15, 0.2) is 5.13 Å². The second kappa shape index (κ2) is 7.10. The van der Waals surface area contributed by atoms with Crippen LogP contribution in [0.25, 0.3) is 0 Å². The lowest BCUT2D eigenvalue weighted by molar-refractivity contribution is -0.119. The first-order chi connectivity index (χ1) is 9.54. The SMILES string of the molecule is CC(NC(=O)CSc1cnc(N)s1)c1ccc(Br)cc1. The third-order valence-corrected chi connectivity index (χ3v) is 5.15. The maximum absolute atomic E-state index is 11.9. The van der Waals surface area contributed by atoms with Gasteiger partial charge >= 0.3 is 0 Å². The summed E-state index contributed by atoms with van der Waals surface area (Å²) in [5, 5.41) is 3.49. The number of aromatic nitrogens is 1. The Bertz CT molecular complexity index is 586. The average molecular weight is 372 g/mol. The molecule has 1 aromatic carbocycles. The highest BCUT2D eigenvalue weighted by molar-refractivity contribution is 9.10. The van der Waals surface area contributed by atoms with E-state index in [0.717, 1.165) is 14.2 Å². The van der Waals surface area contributed by atoms with Crippen LogP contribution < -0.4 is 11.1 Å². The van der Waals surface area contributed by atoms with Crippen molar-refractivity contribution in [3.8, 4) is 0 Å². The van der Waals surface area contributed by atoms with E-state index in [1.54, 1.807) is 6.20 Å². The topological polar surface area (TPSA) is 68.0 Å². The fraction of sp³-hybridized carbons (Fsp3) is 0.231. The largest absolute Gasteiger partial charge is 0.375 e. The molecule has 0 saturated carbocycles. The Morgan fingerprint density at radius 2 is 2.20 bits per heavy atom. The molecular formula is C13H14BrN3OS2. The van der Waals surface area contributed by atoms with E-state index in [1.807, 2.05) is 31.2 Å². The minimum absolute atomic E-state index is 0.00242. The standard InChI is InChI=1S/C13H14BrN3OS2/c1-8(9-2-4-10(14)5-3-9)17-11(18)7-19-12-6-16-13(15)20-12/h2-6,8H,7H2,1H3,(H2,15,16)(H,17,18). The second-order valence-electron chi connectivity index (χ2n) is 4.15. The molecule has 2 rings (SSSR count). The molecule has 0 aliphatic rings. The summed E-state index contributed by atoms with van der Waals surface area (Å²) in [6.45, 7) is 1.97. The maximum atomic E-state index is 11.9. The molecule has 2 aromatic rings. The second-order valence-corrected chi connectivity index (χ2v) is 7.40. The van der Waals surface area contributed by atoms with Gasteiger partial charge in [0.25, 0.3) is 0 Å². The molecule has 1 atom stereocenters. The summed E-state index contributed by atoms with van der Waals surface area (Å²) in [6, 6.07) is 7.90. The van der Waals surface area contributed by atoms with Crippen molar-refractivity contribution < 1.29 is 4.79 Å². The Morgan fingerprint density at radius 1 is 1.50 bits per heavy atom. The molecular weight excluding hydrogens is 358 g/mol. The van der Waals surface area contributed by atoms with Gasteiger partial charge in [-0.3, -0.25) is 4.79 Å². The molecule has 7 heteroatoms. The van der Waals surface area contributed by atoms with Crippen molar-refractivity contribution in [3.05, 3.63) is 40.5 Å². The molecule has 0 saturated heterocycles. The van der Waals surface area contributed by atoms with E-state index in [-0.39, 0.29) is 11.9 Å². The number of anilines is 1. The Kier molecular flexibility index (Phi) is 5.45. The van der Waals surface area contributed by atoms with Gasteiger partial charge in [-0.2, -0.15) is 0 Å². The minimum Gasteiger partial charge on any atom is -0.375 e. The van der Waals surface area contributed by atoms with Crippen LogP contribution in [0, 0.1) is 0 Å². The highest BCUT2D eigenvalue weighted by Gasteiger charge is 2.10. The molecule has 1 aromatic heterocycles. The number of amides is 1. The number of hydrogen-bond donors (Lipinski definition) is 2. The normalized spacial score (nSPS) is 12.1. The molecule has 0 aliphatic carbocycles. The zero-order chi connectivity index (χ0) is 14.5. The fourth-order valence-corrected chi connectivity index (χ4v) is 3.43. The number of nitrogens with two attached hydrogens (primary N) is 1. The van der Waals surface area contributed by atoms with E-state index >= 15 is 0 Å². The van der Waals surface area contributed by atoms with Crippen molar-refractivity contribution in [1.29, 1.82) is 0 Å². The summed E-state index contributed by atoms with van der Waals surface area (Å²) in [7, 11) is 0. The zero-order valence-corrected chi connectivity index (χ0v) is 14.0. The van der Waals surface area contributed by atoms with E-state index in [0.29, 0.717) is 10.9 Å². The number of rotatable bonds is 5. The van der Waals surface area contributed by atoms with Gasteiger partial charge < -0.3 is 11.1 Å². The number of benzene rings is 1. The van der Waals surface area contributed by atoms with Crippen molar-refractivity contribution >= 4 is 50.1 Å². The van der Waals surface area contributed by atoms with Gasteiger partial charge in [-0.15, -0.1) is 11.8 Å². The fourth-order valence-electron chi connectivity index (χ4n) is 1.59. The first-order valence-electron chi connectivity index (χ1n) is 5.93. The summed E-state index contributed by atoms with van der Waals surface area (Å²) in [6.07, 6.45) is 1.69. The lowest BCUT2D eigenvalue weighted by Crippen LogP contribution is -2.28. The van der Waals surface area contributed by atoms with Crippen LogP contribution in [0.2, 0.25) is 0 Å². The molecule has 3 N–H and O–H groups in total. The molecule has 0 radical (unpaired) electrons. The monoisotopic (exact) mass is 371 g/mol. The smallest absolute Gasteiger partial charge is 0.230 e. The Morgan fingerprint density at radius 3 is 2.80 bits per heavy atom. The van der Waals surface area contributed by atoms with Crippen LogP contribution in [-0.4, -0.2) is 16.6 Å². The van der Waals surface area contributed by atoms with Crippen LogP contribution in [0.15, 0.2) is 39.1 Å². The quantitative estimate of drug-likeness (QED) is 0.789. The van der Waals surface area contributed by atoms with Crippen molar-refractivity contribution in [1.82, 2.24) is 10.3 Å². The highest BCUT2D eigenvalue weighted by Crippen LogP contribution is 2.26. The number of nitrogen functional groups attached to an aromatic ring is 1. The Hall–Kier alpha value is -1.05. The molecule has 1 amide bonds. The van der Waals surface area contributed by atoms with Crippen LogP contribution in [0.5, 0.6) is 0 Å². The van der Waals surface area contributed by atoms with Crippen LogP contribution in [-0.2, 0) is 4.79 Å². The minimum atomic E-state index is -0.0114. The number of nitrogens with zero attached hydrogens (tertiary/aromatic N) is 1. The number of halogens is 1. The molecule has 0 aliphatic heterocycles. The van der Waals surface area contributed by atoms with Crippen LogP contribution in [0.4, 0.5) is 5.13 Å². The van der Waals surface area contributed by atoms with Crippen LogP contribution in [0.1, 0.15) is 18.5 Å². The van der Waals surface area contributed by atoms with Crippen LogP contribution >= 0.6 is 39.0 Å². The van der Waals surface area contributed by atoms with E-state index in [4.69, 9.17) is 5.73 Å². The summed E-state index contributed by atoms with van der Waals surface area (Å²) in [4.78, 5) is 15.8. The predicted molar refractivity (Wildman–Crippen MR) is 88.0 cm³/mol. The molecule has 4 nitrogen and oxygen atoms in total. The Labute approximate surface area is 134 Å². The number of carbonyl (C=O) groups is 1.